The highest BCUT2D eigenvalue weighted by Gasteiger charge is 2.17. The van der Waals surface area contributed by atoms with Gasteiger partial charge in [0.25, 0.3) is 0 Å². The average Bonchev–Trinajstić information content (AvgIpc) is 3.54. The van der Waals surface area contributed by atoms with Crippen LogP contribution in [0.15, 0.2) is 82.0 Å². The van der Waals surface area contributed by atoms with Crippen LogP contribution in [-0.4, -0.2) is 9.13 Å². The predicted molar refractivity (Wildman–Crippen MR) is 190 cm³/mol. The first-order valence-corrected chi connectivity index (χ1v) is 17.8. The summed E-state index contributed by atoms with van der Waals surface area (Å²) in [5, 5.41) is 2.72. The molecule has 0 atom stereocenters. The molecule has 0 N–H and O–H groups in total. The minimum Gasteiger partial charge on any atom is -0.347 e. The lowest BCUT2D eigenvalue weighted by atomic mass is 10.0. The molecule has 0 radical (unpaired) electrons. The van der Waals surface area contributed by atoms with Crippen molar-refractivity contribution in [2.45, 2.75) is 104 Å². The smallest absolute Gasteiger partial charge is 0.0494 e. The zero-order chi connectivity index (χ0) is 29.3. The minimum absolute atomic E-state index is 1.07. The number of fused-ring (bicyclic) bond motifs is 2. The van der Waals surface area contributed by atoms with Gasteiger partial charge in [-0.2, -0.15) is 0 Å². The van der Waals surface area contributed by atoms with Crippen molar-refractivity contribution >= 4 is 53.7 Å². The van der Waals surface area contributed by atoms with Gasteiger partial charge < -0.3 is 9.13 Å². The maximum absolute atomic E-state index is 3.64. The summed E-state index contributed by atoms with van der Waals surface area (Å²) in [5.41, 5.74) is 7.94. The van der Waals surface area contributed by atoms with Gasteiger partial charge >= 0.3 is 0 Å². The fourth-order valence-electron chi connectivity index (χ4n) is 6.29. The van der Waals surface area contributed by atoms with Crippen LogP contribution in [0.3, 0.4) is 0 Å². The summed E-state index contributed by atoms with van der Waals surface area (Å²) >= 11 is 7.27. The summed E-state index contributed by atoms with van der Waals surface area (Å²) < 4.78 is 7.30. The number of nitrogens with zero attached hydrogens (tertiary/aromatic N) is 2. The van der Waals surface area contributed by atoms with E-state index in [0.29, 0.717) is 0 Å². The van der Waals surface area contributed by atoms with Gasteiger partial charge in [0, 0.05) is 67.4 Å². The standard InChI is InChI=1S/C38H46Br2N2/c1-3-5-7-9-11-13-23-41-27-35(29-15-19-31(39)20-16-29)33-26-38-34(25-37(33)41)36(30-17-21-32(40)22-18-30)28-42(38)24-14-12-10-8-6-4-2/h15-22,25-28H,3-14,23-24H2,1-2H3. The lowest BCUT2D eigenvalue weighted by Crippen LogP contribution is -1.97. The van der Waals surface area contributed by atoms with Crippen LogP contribution < -0.4 is 0 Å². The van der Waals surface area contributed by atoms with E-state index >= 15 is 0 Å². The van der Waals surface area contributed by atoms with Crippen LogP contribution in [0.25, 0.3) is 44.1 Å². The second-order valence-electron chi connectivity index (χ2n) is 11.9. The second kappa shape index (κ2) is 15.4. The molecule has 0 unspecified atom stereocenters. The van der Waals surface area contributed by atoms with Crippen molar-refractivity contribution in [2.75, 3.05) is 0 Å². The minimum atomic E-state index is 1.07. The quantitative estimate of drug-likeness (QED) is 0.0913. The van der Waals surface area contributed by atoms with E-state index in [9.17, 15) is 0 Å². The molecule has 2 nitrogen and oxygen atoms in total. The summed E-state index contributed by atoms with van der Waals surface area (Å²) in [7, 11) is 0. The Hall–Kier alpha value is -2.30. The van der Waals surface area contributed by atoms with Gasteiger partial charge in [0.1, 0.15) is 0 Å². The number of rotatable bonds is 16. The van der Waals surface area contributed by atoms with Crippen molar-refractivity contribution in [3.8, 4) is 22.3 Å². The fourth-order valence-corrected chi connectivity index (χ4v) is 6.82. The first-order valence-electron chi connectivity index (χ1n) is 16.3. The molecule has 2 heterocycles. The van der Waals surface area contributed by atoms with Crippen LogP contribution in [0.5, 0.6) is 0 Å². The van der Waals surface area contributed by atoms with Crippen molar-refractivity contribution in [3.63, 3.8) is 0 Å². The average molecular weight is 691 g/mol. The van der Waals surface area contributed by atoms with Gasteiger partial charge in [-0.15, -0.1) is 0 Å². The molecule has 2 aromatic heterocycles. The third kappa shape index (κ3) is 7.61. The highest BCUT2D eigenvalue weighted by atomic mass is 79.9. The van der Waals surface area contributed by atoms with E-state index < -0.39 is 0 Å². The molecule has 0 saturated heterocycles. The Labute approximate surface area is 269 Å². The summed E-state index contributed by atoms with van der Waals surface area (Å²) in [6, 6.07) is 22.6. The van der Waals surface area contributed by atoms with Crippen molar-refractivity contribution in [3.05, 3.63) is 82.0 Å². The lowest BCUT2D eigenvalue weighted by molar-refractivity contribution is 0.565. The SMILES string of the molecule is CCCCCCCCn1cc(-c2ccc(Br)cc2)c2cc3c(cc21)c(-c1ccc(Br)cc1)cn3CCCCCCCC. The van der Waals surface area contributed by atoms with Gasteiger partial charge in [-0.25, -0.2) is 0 Å². The van der Waals surface area contributed by atoms with Crippen molar-refractivity contribution < 1.29 is 0 Å². The van der Waals surface area contributed by atoms with Gasteiger partial charge in [0.2, 0.25) is 0 Å². The molecule has 3 aromatic carbocycles. The molecule has 0 aliphatic rings. The topological polar surface area (TPSA) is 9.86 Å². The molecular weight excluding hydrogens is 644 g/mol. The first kappa shape index (κ1) is 31.1. The molecule has 4 heteroatoms. The summed E-state index contributed by atoms with van der Waals surface area (Å²) in [4.78, 5) is 0. The molecule has 5 rings (SSSR count). The second-order valence-corrected chi connectivity index (χ2v) is 13.7. The number of hydrogen-bond donors (Lipinski definition) is 0. The summed E-state index contributed by atoms with van der Waals surface area (Å²) in [6.07, 6.45) is 20.6. The Balaban J connectivity index is 1.56. The third-order valence-electron chi connectivity index (χ3n) is 8.70. The highest BCUT2D eigenvalue weighted by Crippen LogP contribution is 2.39. The van der Waals surface area contributed by atoms with Crippen molar-refractivity contribution in [1.29, 1.82) is 0 Å². The molecule has 0 aliphatic heterocycles. The lowest BCUT2D eigenvalue weighted by Gasteiger charge is -2.08. The van der Waals surface area contributed by atoms with Gasteiger partial charge in [-0.05, 0) is 60.4 Å². The van der Waals surface area contributed by atoms with E-state index in [1.165, 1.54) is 121 Å². The number of aryl methyl sites for hydroxylation is 2. The summed E-state index contributed by atoms with van der Waals surface area (Å²) in [6.45, 7) is 6.72. The van der Waals surface area contributed by atoms with Crippen molar-refractivity contribution in [1.82, 2.24) is 9.13 Å². The normalized spacial score (nSPS) is 11.7. The van der Waals surface area contributed by atoms with E-state index in [0.717, 1.165) is 22.0 Å². The monoisotopic (exact) mass is 688 g/mol. The molecule has 42 heavy (non-hydrogen) atoms. The van der Waals surface area contributed by atoms with Gasteiger partial charge in [0.15, 0.2) is 0 Å². The molecule has 0 fully saturated rings. The predicted octanol–water partition coefficient (Wildman–Crippen LogP) is 13.2. The van der Waals surface area contributed by atoms with E-state index in [4.69, 9.17) is 0 Å². The molecule has 0 amide bonds. The largest absolute Gasteiger partial charge is 0.347 e. The molecule has 5 aromatic rings. The molecule has 0 saturated carbocycles. The fraction of sp³-hybridized carbons (Fsp3) is 0.421. The molecular formula is C38H46Br2N2. The number of hydrogen-bond acceptors (Lipinski definition) is 0. The number of halogens is 2. The first-order chi connectivity index (χ1) is 20.6. The number of unbranched alkanes of at least 4 members (excludes halogenated alkanes) is 10. The van der Waals surface area contributed by atoms with Gasteiger partial charge in [-0.3, -0.25) is 0 Å². The van der Waals surface area contributed by atoms with Crippen LogP contribution in [0.2, 0.25) is 0 Å². The van der Waals surface area contributed by atoms with Crippen LogP contribution in [0.1, 0.15) is 90.9 Å². The number of benzene rings is 3. The zero-order valence-electron chi connectivity index (χ0n) is 25.5. The molecule has 222 valence electrons. The Bertz CT molecular complexity index is 1440. The van der Waals surface area contributed by atoms with Gasteiger partial charge in [-0.1, -0.05) is 134 Å². The van der Waals surface area contributed by atoms with E-state index in [1.807, 2.05) is 0 Å². The molecule has 0 aliphatic carbocycles. The van der Waals surface area contributed by atoms with Gasteiger partial charge in [0.05, 0.1) is 0 Å². The van der Waals surface area contributed by atoms with Crippen LogP contribution in [-0.2, 0) is 13.1 Å². The van der Waals surface area contributed by atoms with E-state index in [1.54, 1.807) is 0 Å². The Morgan fingerprint density at radius 3 is 1.21 bits per heavy atom. The zero-order valence-corrected chi connectivity index (χ0v) is 28.7. The van der Waals surface area contributed by atoms with E-state index in [-0.39, 0.29) is 0 Å². The van der Waals surface area contributed by atoms with E-state index in [2.05, 4.69) is 128 Å². The summed E-state index contributed by atoms with van der Waals surface area (Å²) in [5.74, 6) is 0. The Morgan fingerprint density at radius 1 is 0.476 bits per heavy atom. The third-order valence-corrected chi connectivity index (χ3v) is 9.76. The maximum Gasteiger partial charge on any atom is 0.0494 e. The Kier molecular flexibility index (Phi) is 11.4. The van der Waals surface area contributed by atoms with Crippen molar-refractivity contribution in [2.24, 2.45) is 0 Å². The molecule has 0 spiro atoms. The number of aromatic nitrogens is 2. The Morgan fingerprint density at radius 2 is 0.833 bits per heavy atom. The molecule has 0 bridgehead atoms. The highest BCUT2D eigenvalue weighted by molar-refractivity contribution is 9.10. The van der Waals surface area contributed by atoms with Crippen LogP contribution >= 0.6 is 31.9 Å². The van der Waals surface area contributed by atoms with Crippen LogP contribution in [0.4, 0.5) is 0 Å². The van der Waals surface area contributed by atoms with Crippen LogP contribution in [0, 0.1) is 0 Å². The maximum atomic E-state index is 3.64.